The lowest BCUT2D eigenvalue weighted by Crippen LogP contribution is -2.19. The van der Waals surface area contributed by atoms with Crippen molar-refractivity contribution in [3.05, 3.63) is 0 Å². The minimum atomic E-state index is 0.0425. The van der Waals surface area contributed by atoms with Gasteiger partial charge in [0.25, 0.3) is 0 Å². The van der Waals surface area contributed by atoms with Gasteiger partial charge in [-0.25, -0.2) is 0 Å². The molecule has 1 fully saturated rings. The Hall–Kier alpha value is -0.0400. The van der Waals surface area contributed by atoms with Crippen LogP contribution in [0.4, 0.5) is 0 Å². The summed E-state index contributed by atoms with van der Waals surface area (Å²) >= 11 is 0. The van der Waals surface area contributed by atoms with E-state index < -0.39 is 0 Å². The van der Waals surface area contributed by atoms with E-state index in [0.717, 1.165) is 18.4 Å². The molecule has 1 nitrogen and oxygen atoms in total. The summed E-state index contributed by atoms with van der Waals surface area (Å²) in [7, 11) is 0. The number of hydrogen-bond donors (Lipinski definition) is 0. The van der Waals surface area contributed by atoms with Gasteiger partial charge in [-0.3, -0.25) is 0 Å². The fraction of sp³-hybridized carbons (Fsp3) is 1.00. The van der Waals surface area contributed by atoms with Gasteiger partial charge in [-0.1, -0.05) is 39.0 Å². The highest BCUT2D eigenvalue weighted by molar-refractivity contribution is 4.72. The van der Waals surface area contributed by atoms with Crippen molar-refractivity contribution in [1.29, 1.82) is 0 Å². The second kappa shape index (κ2) is 6.64. The normalized spacial score (nSPS) is 26.2. The first-order chi connectivity index (χ1) is 7.47. The summed E-state index contributed by atoms with van der Waals surface area (Å²) in [4.78, 5) is 0. The van der Waals surface area contributed by atoms with Crippen LogP contribution in [-0.4, -0.2) is 12.2 Å². The Morgan fingerprint density at radius 3 is 2.38 bits per heavy atom. The minimum absolute atomic E-state index is 0.0425. The monoisotopic (exact) mass is 226 g/mol. The van der Waals surface area contributed by atoms with Crippen molar-refractivity contribution in [1.82, 2.24) is 0 Å². The first-order valence-electron chi connectivity index (χ1n) is 7.11. The first kappa shape index (κ1) is 14.0. The maximum atomic E-state index is 5.72. The van der Waals surface area contributed by atoms with Crippen LogP contribution in [0.1, 0.15) is 72.6 Å². The molecule has 0 heterocycles. The van der Waals surface area contributed by atoms with Crippen LogP contribution >= 0.6 is 0 Å². The lowest BCUT2D eigenvalue weighted by Gasteiger charge is -2.19. The molecule has 0 aromatic carbocycles. The third kappa shape index (κ3) is 6.52. The zero-order valence-electron chi connectivity index (χ0n) is 11.7. The summed E-state index contributed by atoms with van der Waals surface area (Å²) < 4.78 is 5.72. The zero-order chi connectivity index (χ0) is 12.0. The van der Waals surface area contributed by atoms with Gasteiger partial charge in [-0.15, -0.1) is 0 Å². The molecule has 2 unspecified atom stereocenters. The lowest BCUT2D eigenvalue weighted by atomic mass is 9.99. The van der Waals surface area contributed by atoms with Crippen molar-refractivity contribution < 1.29 is 4.74 Å². The van der Waals surface area contributed by atoms with E-state index in [-0.39, 0.29) is 5.60 Å². The van der Waals surface area contributed by atoms with Crippen molar-refractivity contribution in [3.8, 4) is 0 Å². The summed E-state index contributed by atoms with van der Waals surface area (Å²) in [5.41, 5.74) is 0.0425. The Labute approximate surface area is 102 Å². The van der Waals surface area contributed by atoms with E-state index in [0.29, 0.717) is 0 Å². The van der Waals surface area contributed by atoms with E-state index in [9.17, 15) is 0 Å². The van der Waals surface area contributed by atoms with Crippen molar-refractivity contribution in [3.63, 3.8) is 0 Å². The molecule has 1 aliphatic rings. The lowest BCUT2D eigenvalue weighted by molar-refractivity contribution is -0.00482. The van der Waals surface area contributed by atoms with Crippen molar-refractivity contribution in [2.45, 2.75) is 78.2 Å². The Morgan fingerprint density at radius 2 is 1.81 bits per heavy atom. The van der Waals surface area contributed by atoms with E-state index in [1.54, 1.807) is 0 Å². The Morgan fingerprint density at radius 1 is 1.06 bits per heavy atom. The quantitative estimate of drug-likeness (QED) is 0.591. The maximum Gasteiger partial charge on any atom is 0.0598 e. The number of ether oxygens (including phenoxy) is 1. The third-order valence-corrected chi connectivity index (χ3v) is 3.60. The van der Waals surface area contributed by atoms with Crippen LogP contribution in [-0.2, 0) is 4.74 Å². The molecule has 1 rings (SSSR count). The molecule has 0 radical (unpaired) electrons. The van der Waals surface area contributed by atoms with Crippen molar-refractivity contribution in [2.75, 3.05) is 6.61 Å². The van der Waals surface area contributed by atoms with Gasteiger partial charge in [0.05, 0.1) is 5.60 Å². The molecule has 0 spiro atoms. The molecule has 1 aliphatic carbocycles. The topological polar surface area (TPSA) is 9.23 Å². The summed E-state index contributed by atoms with van der Waals surface area (Å²) in [5, 5.41) is 0. The highest BCUT2D eigenvalue weighted by atomic mass is 16.5. The largest absolute Gasteiger partial charge is 0.376 e. The number of unbranched alkanes of at least 4 members (excludes halogenated alkanes) is 2. The standard InChI is InChI=1S/C15H30O/c1-13-9-10-14(12-13)8-6-5-7-11-16-15(2,3)4/h13-14H,5-12H2,1-4H3. The molecule has 16 heavy (non-hydrogen) atoms. The van der Waals surface area contributed by atoms with E-state index in [4.69, 9.17) is 4.74 Å². The number of hydrogen-bond acceptors (Lipinski definition) is 1. The predicted molar refractivity (Wildman–Crippen MR) is 70.7 cm³/mol. The van der Waals surface area contributed by atoms with Crippen molar-refractivity contribution >= 4 is 0 Å². The summed E-state index contributed by atoms with van der Waals surface area (Å²) in [6.45, 7) is 9.73. The first-order valence-corrected chi connectivity index (χ1v) is 7.11. The molecule has 2 atom stereocenters. The Balaban J connectivity index is 1.89. The van der Waals surface area contributed by atoms with Gasteiger partial charge in [-0.05, 0) is 45.4 Å². The molecular formula is C15H30O. The van der Waals surface area contributed by atoms with E-state index >= 15 is 0 Å². The maximum absolute atomic E-state index is 5.72. The molecule has 0 saturated heterocycles. The van der Waals surface area contributed by atoms with Gasteiger partial charge in [0, 0.05) is 6.61 Å². The molecule has 0 aromatic rings. The molecule has 0 aliphatic heterocycles. The number of rotatable bonds is 6. The van der Waals surface area contributed by atoms with Gasteiger partial charge in [-0.2, -0.15) is 0 Å². The molecule has 0 amide bonds. The Kier molecular flexibility index (Phi) is 5.82. The van der Waals surface area contributed by atoms with Crippen LogP contribution in [0.5, 0.6) is 0 Å². The van der Waals surface area contributed by atoms with Crippen LogP contribution in [0.15, 0.2) is 0 Å². The average Bonchev–Trinajstić information content (AvgIpc) is 2.56. The highest BCUT2D eigenvalue weighted by Crippen LogP contribution is 2.33. The molecule has 0 N–H and O–H groups in total. The summed E-state index contributed by atoms with van der Waals surface area (Å²) in [6, 6.07) is 0. The van der Waals surface area contributed by atoms with Crippen LogP contribution in [0, 0.1) is 11.8 Å². The van der Waals surface area contributed by atoms with E-state index in [2.05, 4.69) is 27.7 Å². The van der Waals surface area contributed by atoms with Gasteiger partial charge < -0.3 is 4.74 Å². The smallest absolute Gasteiger partial charge is 0.0598 e. The molecule has 0 bridgehead atoms. The summed E-state index contributed by atoms with van der Waals surface area (Å²) in [5.74, 6) is 2.03. The molecule has 1 heteroatoms. The third-order valence-electron chi connectivity index (χ3n) is 3.60. The SMILES string of the molecule is CC1CCC(CCCCCOC(C)(C)C)C1. The fourth-order valence-corrected chi connectivity index (χ4v) is 2.68. The minimum Gasteiger partial charge on any atom is -0.376 e. The fourth-order valence-electron chi connectivity index (χ4n) is 2.68. The molecule has 1 saturated carbocycles. The van der Waals surface area contributed by atoms with Crippen LogP contribution in [0.25, 0.3) is 0 Å². The highest BCUT2D eigenvalue weighted by Gasteiger charge is 2.20. The van der Waals surface area contributed by atoms with E-state index in [1.165, 1.54) is 44.9 Å². The Bertz CT molecular complexity index is 180. The van der Waals surface area contributed by atoms with Gasteiger partial charge in [0.2, 0.25) is 0 Å². The zero-order valence-corrected chi connectivity index (χ0v) is 11.7. The average molecular weight is 226 g/mol. The van der Waals surface area contributed by atoms with Crippen LogP contribution < -0.4 is 0 Å². The summed E-state index contributed by atoms with van der Waals surface area (Å²) in [6.07, 6.45) is 9.89. The van der Waals surface area contributed by atoms with Crippen molar-refractivity contribution in [2.24, 2.45) is 11.8 Å². The van der Waals surface area contributed by atoms with Crippen LogP contribution in [0.3, 0.4) is 0 Å². The molecular weight excluding hydrogens is 196 g/mol. The van der Waals surface area contributed by atoms with Crippen LogP contribution in [0.2, 0.25) is 0 Å². The van der Waals surface area contributed by atoms with Gasteiger partial charge in [0.1, 0.15) is 0 Å². The molecule has 96 valence electrons. The van der Waals surface area contributed by atoms with E-state index in [1.807, 2.05) is 0 Å². The second-order valence-electron chi connectivity index (χ2n) is 6.59. The van der Waals surface area contributed by atoms with Gasteiger partial charge >= 0.3 is 0 Å². The molecule has 0 aromatic heterocycles. The second-order valence-corrected chi connectivity index (χ2v) is 6.59. The predicted octanol–water partition coefficient (Wildman–Crippen LogP) is 4.80. The van der Waals surface area contributed by atoms with Gasteiger partial charge in [0.15, 0.2) is 0 Å².